The summed E-state index contributed by atoms with van der Waals surface area (Å²) < 4.78 is 1.01. The summed E-state index contributed by atoms with van der Waals surface area (Å²) in [5, 5.41) is 7.61. The van der Waals surface area contributed by atoms with Gasteiger partial charge < -0.3 is 10.6 Å². The molecule has 2 rings (SSSR count). The third kappa shape index (κ3) is 3.10. The van der Waals surface area contributed by atoms with E-state index in [4.69, 9.17) is 11.6 Å². The van der Waals surface area contributed by atoms with Crippen LogP contribution in [-0.2, 0) is 0 Å². The summed E-state index contributed by atoms with van der Waals surface area (Å²) in [6.45, 7) is 2.15. The van der Waals surface area contributed by atoms with Gasteiger partial charge in [0.1, 0.15) is 0 Å². The monoisotopic (exact) mass is 288 g/mol. The highest BCUT2D eigenvalue weighted by Gasteiger charge is 2.13. The predicted octanol–water partition coefficient (Wildman–Crippen LogP) is 3.27. The van der Waals surface area contributed by atoms with E-state index in [-0.39, 0.29) is 0 Å². The lowest BCUT2D eigenvalue weighted by Crippen LogP contribution is -2.38. The van der Waals surface area contributed by atoms with Crippen molar-refractivity contribution in [3.63, 3.8) is 0 Å². The first-order chi connectivity index (χ1) is 7.25. The van der Waals surface area contributed by atoms with Crippen molar-refractivity contribution >= 4 is 33.2 Å². The number of nitrogens with one attached hydrogen (secondary N) is 2. The van der Waals surface area contributed by atoms with Crippen molar-refractivity contribution in [2.75, 3.05) is 18.4 Å². The summed E-state index contributed by atoms with van der Waals surface area (Å²) in [7, 11) is 0. The Kier molecular flexibility index (Phi) is 3.89. The number of anilines is 1. The van der Waals surface area contributed by atoms with Crippen LogP contribution in [0.2, 0.25) is 5.02 Å². The molecule has 1 aliphatic heterocycles. The van der Waals surface area contributed by atoms with Crippen LogP contribution in [0.1, 0.15) is 12.8 Å². The molecular weight excluding hydrogens is 275 g/mol. The molecule has 1 heterocycles. The van der Waals surface area contributed by atoms with Gasteiger partial charge in [-0.1, -0.05) is 27.5 Å². The molecule has 82 valence electrons. The molecule has 0 spiro atoms. The summed E-state index contributed by atoms with van der Waals surface area (Å²) in [6, 6.07) is 6.43. The zero-order valence-corrected chi connectivity index (χ0v) is 10.7. The molecule has 1 saturated heterocycles. The van der Waals surface area contributed by atoms with Crippen LogP contribution in [0.25, 0.3) is 0 Å². The molecule has 0 saturated carbocycles. The number of piperidine rings is 1. The van der Waals surface area contributed by atoms with Gasteiger partial charge in [0.15, 0.2) is 0 Å². The Morgan fingerprint density at radius 3 is 3.00 bits per heavy atom. The molecule has 1 aliphatic rings. The van der Waals surface area contributed by atoms with Gasteiger partial charge in [0, 0.05) is 17.1 Å². The fourth-order valence-corrected chi connectivity index (χ4v) is 2.53. The molecule has 2 N–H and O–H groups in total. The van der Waals surface area contributed by atoms with Gasteiger partial charge in [-0.3, -0.25) is 0 Å². The zero-order chi connectivity index (χ0) is 10.7. The van der Waals surface area contributed by atoms with E-state index in [1.165, 1.54) is 12.8 Å². The Bertz CT molecular complexity index is 337. The fraction of sp³-hybridized carbons (Fsp3) is 0.455. The topological polar surface area (TPSA) is 24.1 Å². The Morgan fingerprint density at radius 2 is 2.33 bits per heavy atom. The zero-order valence-electron chi connectivity index (χ0n) is 8.39. The lowest BCUT2D eigenvalue weighted by atomic mass is 10.1. The molecule has 0 aromatic heterocycles. The number of halogens is 2. The Labute approximate surface area is 104 Å². The van der Waals surface area contributed by atoms with Gasteiger partial charge in [0.2, 0.25) is 0 Å². The lowest BCUT2D eigenvalue weighted by Gasteiger charge is -2.25. The molecule has 1 aromatic carbocycles. The van der Waals surface area contributed by atoms with Crippen molar-refractivity contribution in [3.8, 4) is 0 Å². The first-order valence-corrected chi connectivity index (χ1v) is 6.35. The maximum absolute atomic E-state index is 6.14. The van der Waals surface area contributed by atoms with Gasteiger partial charge in [-0.05, 0) is 37.6 Å². The second-order valence-electron chi connectivity index (χ2n) is 3.81. The first-order valence-electron chi connectivity index (χ1n) is 5.18. The summed E-state index contributed by atoms with van der Waals surface area (Å²) in [5.74, 6) is 0. The van der Waals surface area contributed by atoms with Crippen LogP contribution in [0.4, 0.5) is 5.69 Å². The summed E-state index contributed by atoms with van der Waals surface area (Å²) in [6.07, 6.45) is 2.44. The Hall–Kier alpha value is -0.250. The van der Waals surface area contributed by atoms with Gasteiger partial charge in [-0.15, -0.1) is 0 Å². The van der Waals surface area contributed by atoms with Crippen LogP contribution >= 0.6 is 27.5 Å². The van der Waals surface area contributed by atoms with Crippen LogP contribution in [0, 0.1) is 0 Å². The van der Waals surface area contributed by atoms with E-state index >= 15 is 0 Å². The summed E-state index contributed by atoms with van der Waals surface area (Å²) >= 11 is 9.53. The van der Waals surface area contributed by atoms with E-state index in [2.05, 4.69) is 26.6 Å². The van der Waals surface area contributed by atoms with Crippen LogP contribution in [-0.4, -0.2) is 19.1 Å². The van der Waals surface area contributed by atoms with Crippen LogP contribution in [0.3, 0.4) is 0 Å². The predicted molar refractivity (Wildman–Crippen MR) is 68.7 cm³/mol. The van der Waals surface area contributed by atoms with Gasteiger partial charge in [-0.25, -0.2) is 0 Å². The SMILES string of the molecule is Clc1cc(Br)ccc1NC1CCCNC1. The molecule has 0 radical (unpaired) electrons. The van der Waals surface area contributed by atoms with Gasteiger partial charge >= 0.3 is 0 Å². The molecule has 2 nitrogen and oxygen atoms in total. The standard InChI is InChI=1S/C11H14BrClN2/c12-8-3-4-11(10(13)6-8)15-9-2-1-5-14-7-9/h3-4,6,9,14-15H,1-2,5,7H2. The smallest absolute Gasteiger partial charge is 0.0648 e. The molecule has 4 heteroatoms. The minimum atomic E-state index is 0.498. The minimum Gasteiger partial charge on any atom is -0.380 e. The van der Waals surface area contributed by atoms with Crippen molar-refractivity contribution in [1.82, 2.24) is 5.32 Å². The van der Waals surface area contributed by atoms with Crippen LogP contribution in [0.15, 0.2) is 22.7 Å². The van der Waals surface area contributed by atoms with Gasteiger partial charge in [0.25, 0.3) is 0 Å². The molecule has 0 bridgehead atoms. The van der Waals surface area contributed by atoms with E-state index in [0.29, 0.717) is 6.04 Å². The van der Waals surface area contributed by atoms with E-state index in [9.17, 15) is 0 Å². The average Bonchev–Trinajstić information content (AvgIpc) is 2.24. The highest BCUT2D eigenvalue weighted by molar-refractivity contribution is 9.10. The third-order valence-corrected chi connectivity index (χ3v) is 3.39. The Balaban J connectivity index is 2.03. The molecular formula is C11H14BrClN2. The molecule has 1 fully saturated rings. The third-order valence-electron chi connectivity index (χ3n) is 2.59. The average molecular weight is 290 g/mol. The van der Waals surface area contributed by atoms with Crippen LogP contribution < -0.4 is 10.6 Å². The maximum Gasteiger partial charge on any atom is 0.0648 e. The number of hydrogen-bond donors (Lipinski definition) is 2. The fourth-order valence-electron chi connectivity index (χ4n) is 1.80. The first kappa shape index (κ1) is 11.2. The molecule has 0 amide bonds. The van der Waals surface area contributed by atoms with E-state index in [1.807, 2.05) is 18.2 Å². The van der Waals surface area contributed by atoms with Crippen molar-refractivity contribution in [3.05, 3.63) is 27.7 Å². The molecule has 1 atom stereocenters. The number of benzene rings is 1. The van der Waals surface area contributed by atoms with Crippen molar-refractivity contribution in [1.29, 1.82) is 0 Å². The van der Waals surface area contributed by atoms with Crippen molar-refractivity contribution in [2.45, 2.75) is 18.9 Å². The highest BCUT2D eigenvalue weighted by Crippen LogP contribution is 2.26. The largest absolute Gasteiger partial charge is 0.380 e. The molecule has 15 heavy (non-hydrogen) atoms. The molecule has 1 aromatic rings. The van der Waals surface area contributed by atoms with E-state index < -0.39 is 0 Å². The summed E-state index contributed by atoms with van der Waals surface area (Å²) in [4.78, 5) is 0. The Morgan fingerprint density at radius 1 is 1.47 bits per heavy atom. The quantitative estimate of drug-likeness (QED) is 0.873. The van der Waals surface area contributed by atoms with Gasteiger partial charge in [0.05, 0.1) is 10.7 Å². The second-order valence-corrected chi connectivity index (χ2v) is 5.13. The number of rotatable bonds is 2. The van der Waals surface area contributed by atoms with E-state index in [1.54, 1.807) is 0 Å². The van der Waals surface area contributed by atoms with Gasteiger partial charge in [-0.2, -0.15) is 0 Å². The number of hydrogen-bond acceptors (Lipinski definition) is 2. The normalized spacial score (nSPS) is 21.3. The maximum atomic E-state index is 6.14. The van der Waals surface area contributed by atoms with E-state index in [0.717, 1.165) is 28.3 Å². The van der Waals surface area contributed by atoms with Crippen LogP contribution in [0.5, 0.6) is 0 Å². The minimum absolute atomic E-state index is 0.498. The molecule has 0 aliphatic carbocycles. The van der Waals surface area contributed by atoms with Crippen molar-refractivity contribution in [2.24, 2.45) is 0 Å². The lowest BCUT2D eigenvalue weighted by molar-refractivity contribution is 0.480. The summed E-state index contributed by atoms with van der Waals surface area (Å²) in [5.41, 5.74) is 1.02. The van der Waals surface area contributed by atoms with Crippen molar-refractivity contribution < 1.29 is 0 Å². The highest BCUT2D eigenvalue weighted by atomic mass is 79.9. The second kappa shape index (κ2) is 5.19. The molecule has 1 unspecified atom stereocenters.